The van der Waals surface area contributed by atoms with Crippen LogP contribution in [0.3, 0.4) is 0 Å². The average molecular weight is 411 g/mol. The number of anilines is 1. The van der Waals surface area contributed by atoms with E-state index in [-0.39, 0.29) is 17.9 Å². The number of hydrogen-bond acceptors (Lipinski definition) is 4. The number of Topliss-reactive ketones (excluding diaryl/α,β-unsaturated/α-hetero) is 1. The number of halogens is 1. The van der Waals surface area contributed by atoms with Crippen LogP contribution in [-0.2, 0) is 9.53 Å². The fourth-order valence-corrected chi connectivity index (χ4v) is 3.21. The van der Waals surface area contributed by atoms with Gasteiger partial charge in [0.1, 0.15) is 5.69 Å². The Kier molecular flexibility index (Phi) is 6.14. The Bertz CT molecular complexity index is 1070. The van der Waals surface area contributed by atoms with E-state index in [2.05, 4.69) is 10.3 Å². The summed E-state index contributed by atoms with van der Waals surface area (Å²) in [7, 11) is 0. The summed E-state index contributed by atoms with van der Waals surface area (Å²) in [6.07, 6.45) is 0. The number of esters is 1. The number of H-pyrrole nitrogens is 1. The van der Waals surface area contributed by atoms with Crippen LogP contribution in [0.25, 0.3) is 11.1 Å². The van der Waals surface area contributed by atoms with E-state index in [1.165, 1.54) is 6.07 Å². The van der Waals surface area contributed by atoms with Crippen LogP contribution >= 0.6 is 11.6 Å². The molecule has 0 bridgehead atoms. The van der Waals surface area contributed by atoms with E-state index < -0.39 is 17.7 Å². The van der Waals surface area contributed by atoms with Crippen LogP contribution in [0.15, 0.2) is 54.6 Å². The average Bonchev–Trinajstić information content (AvgIpc) is 3.05. The number of aromatic amines is 1. The number of carbonyl (C=O) groups is 3. The molecular weight excluding hydrogens is 392 g/mol. The maximum absolute atomic E-state index is 12.9. The van der Waals surface area contributed by atoms with Crippen LogP contribution in [-0.4, -0.2) is 29.3 Å². The van der Waals surface area contributed by atoms with Crippen LogP contribution in [0.2, 0.25) is 5.02 Å². The van der Waals surface area contributed by atoms with Gasteiger partial charge >= 0.3 is 5.97 Å². The first-order valence-corrected chi connectivity index (χ1v) is 9.36. The highest BCUT2D eigenvalue weighted by atomic mass is 35.5. The van der Waals surface area contributed by atoms with Gasteiger partial charge in [-0.2, -0.15) is 0 Å². The van der Waals surface area contributed by atoms with E-state index in [1.807, 2.05) is 6.07 Å². The van der Waals surface area contributed by atoms with Crippen LogP contribution in [0.1, 0.15) is 33.5 Å². The summed E-state index contributed by atoms with van der Waals surface area (Å²) in [5, 5.41) is 2.96. The van der Waals surface area contributed by atoms with Crippen LogP contribution in [0.4, 0.5) is 5.69 Å². The molecule has 0 aliphatic heterocycles. The Balaban J connectivity index is 2.04. The third-order valence-corrected chi connectivity index (χ3v) is 4.48. The highest BCUT2D eigenvalue weighted by Crippen LogP contribution is 2.31. The molecule has 0 saturated carbocycles. The SMILES string of the molecule is CCOC(=O)c1c(C)[nH]c(C(=O)C(=O)Nc2cccc(Cl)c2)c1-c1ccccc1. The van der Waals surface area contributed by atoms with E-state index in [1.54, 1.807) is 56.3 Å². The molecule has 3 aromatic rings. The maximum Gasteiger partial charge on any atom is 0.340 e. The van der Waals surface area contributed by atoms with Crippen molar-refractivity contribution in [3.8, 4) is 11.1 Å². The number of benzene rings is 2. The molecule has 0 atom stereocenters. The van der Waals surface area contributed by atoms with Gasteiger partial charge in [0.15, 0.2) is 0 Å². The quantitative estimate of drug-likeness (QED) is 0.352. The van der Waals surface area contributed by atoms with Crippen molar-refractivity contribution in [2.24, 2.45) is 0 Å². The molecule has 0 unspecified atom stereocenters. The molecule has 0 saturated heterocycles. The van der Waals surface area contributed by atoms with E-state index in [9.17, 15) is 14.4 Å². The molecule has 0 radical (unpaired) electrons. The van der Waals surface area contributed by atoms with E-state index in [0.29, 0.717) is 27.5 Å². The van der Waals surface area contributed by atoms with Crippen molar-refractivity contribution in [1.82, 2.24) is 4.98 Å². The van der Waals surface area contributed by atoms with Gasteiger partial charge in [0.25, 0.3) is 11.7 Å². The Hall–Kier alpha value is -3.38. The van der Waals surface area contributed by atoms with Gasteiger partial charge in [0, 0.05) is 22.0 Å². The molecule has 29 heavy (non-hydrogen) atoms. The fraction of sp³-hybridized carbons (Fsp3) is 0.136. The lowest BCUT2D eigenvalue weighted by molar-refractivity contribution is -0.112. The second-order valence-electron chi connectivity index (χ2n) is 6.26. The second-order valence-corrected chi connectivity index (χ2v) is 6.69. The Morgan fingerprint density at radius 3 is 2.45 bits per heavy atom. The van der Waals surface area contributed by atoms with E-state index in [4.69, 9.17) is 16.3 Å². The van der Waals surface area contributed by atoms with Crippen molar-refractivity contribution in [3.63, 3.8) is 0 Å². The highest BCUT2D eigenvalue weighted by Gasteiger charge is 2.29. The minimum absolute atomic E-state index is 0.0243. The first-order valence-electron chi connectivity index (χ1n) is 8.98. The summed E-state index contributed by atoms with van der Waals surface area (Å²) in [6, 6.07) is 15.4. The lowest BCUT2D eigenvalue weighted by atomic mass is 9.98. The highest BCUT2D eigenvalue weighted by molar-refractivity contribution is 6.47. The van der Waals surface area contributed by atoms with Crippen molar-refractivity contribution in [2.45, 2.75) is 13.8 Å². The van der Waals surface area contributed by atoms with Gasteiger partial charge in [0.05, 0.1) is 12.2 Å². The molecule has 3 rings (SSSR count). The fourth-order valence-electron chi connectivity index (χ4n) is 3.01. The number of aromatic nitrogens is 1. The molecule has 1 aromatic heterocycles. The number of carbonyl (C=O) groups excluding carboxylic acids is 3. The molecule has 0 spiro atoms. The molecule has 1 amide bonds. The first kappa shape index (κ1) is 20.4. The third-order valence-electron chi connectivity index (χ3n) is 4.25. The summed E-state index contributed by atoms with van der Waals surface area (Å²) in [5.74, 6) is -2.21. The molecule has 2 N–H and O–H groups in total. The number of aryl methyl sites for hydroxylation is 1. The summed E-state index contributed by atoms with van der Waals surface area (Å²) in [4.78, 5) is 40.9. The summed E-state index contributed by atoms with van der Waals surface area (Å²) < 4.78 is 5.15. The second kappa shape index (κ2) is 8.75. The van der Waals surface area contributed by atoms with Gasteiger partial charge in [-0.1, -0.05) is 48.0 Å². The number of rotatable bonds is 6. The first-order chi connectivity index (χ1) is 13.9. The largest absolute Gasteiger partial charge is 0.462 e. The Morgan fingerprint density at radius 1 is 1.07 bits per heavy atom. The monoisotopic (exact) mass is 410 g/mol. The van der Waals surface area contributed by atoms with Gasteiger partial charge < -0.3 is 15.0 Å². The van der Waals surface area contributed by atoms with Gasteiger partial charge in [-0.25, -0.2) is 4.79 Å². The predicted molar refractivity (Wildman–Crippen MR) is 111 cm³/mol. The van der Waals surface area contributed by atoms with Gasteiger partial charge in [-0.05, 0) is 37.6 Å². The number of ketones is 1. The molecule has 0 aliphatic carbocycles. The molecule has 7 heteroatoms. The van der Waals surface area contributed by atoms with E-state index in [0.717, 1.165) is 0 Å². The number of ether oxygens (including phenoxy) is 1. The van der Waals surface area contributed by atoms with Crippen LogP contribution < -0.4 is 5.32 Å². The lowest BCUT2D eigenvalue weighted by Gasteiger charge is -2.08. The molecule has 0 fully saturated rings. The lowest BCUT2D eigenvalue weighted by Crippen LogP contribution is -2.23. The van der Waals surface area contributed by atoms with Crippen molar-refractivity contribution in [1.29, 1.82) is 0 Å². The van der Waals surface area contributed by atoms with E-state index >= 15 is 0 Å². The zero-order valence-electron chi connectivity index (χ0n) is 15.9. The normalized spacial score (nSPS) is 10.4. The maximum atomic E-state index is 12.9. The van der Waals surface area contributed by atoms with Gasteiger partial charge in [-0.3, -0.25) is 9.59 Å². The van der Waals surface area contributed by atoms with Crippen LogP contribution in [0.5, 0.6) is 0 Å². The molecule has 6 nitrogen and oxygen atoms in total. The summed E-state index contributed by atoms with van der Waals surface area (Å²) in [5.41, 5.74) is 2.06. The topological polar surface area (TPSA) is 88.3 Å². The molecular formula is C22H19ClN2O4. The van der Waals surface area contributed by atoms with Gasteiger partial charge in [-0.15, -0.1) is 0 Å². The Labute approximate surface area is 172 Å². The minimum atomic E-state index is -0.846. The van der Waals surface area contributed by atoms with Crippen molar-refractivity contribution < 1.29 is 19.1 Å². The van der Waals surface area contributed by atoms with Gasteiger partial charge in [0.2, 0.25) is 0 Å². The standard InChI is InChI=1S/C22H19ClN2O4/c1-3-29-22(28)17-13(2)24-19(18(17)14-8-5-4-6-9-14)20(26)21(27)25-16-11-7-10-15(23)12-16/h4-12,24H,3H2,1-2H3,(H,25,27). The van der Waals surface area contributed by atoms with Crippen molar-refractivity contribution in [2.75, 3.05) is 11.9 Å². The number of nitrogens with one attached hydrogen (secondary N) is 2. The Morgan fingerprint density at radius 2 is 1.79 bits per heavy atom. The molecule has 1 heterocycles. The summed E-state index contributed by atoms with van der Waals surface area (Å²) in [6.45, 7) is 3.55. The number of hydrogen-bond donors (Lipinski definition) is 2. The minimum Gasteiger partial charge on any atom is -0.462 e. The zero-order chi connectivity index (χ0) is 21.0. The summed E-state index contributed by atoms with van der Waals surface area (Å²) >= 11 is 5.93. The predicted octanol–water partition coefficient (Wildman–Crippen LogP) is 4.64. The molecule has 148 valence electrons. The van der Waals surface area contributed by atoms with Crippen LogP contribution in [0, 0.1) is 6.92 Å². The molecule has 0 aliphatic rings. The smallest absolute Gasteiger partial charge is 0.340 e. The van der Waals surface area contributed by atoms with Crippen molar-refractivity contribution >= 4 is 34.9 Å². The zero-order valence-corrected chi connectivity index (χ0v) is 16.7. The molecule has 2 aromatic carbocycles. The third kappa shape index (κ3) is 4.38. The van der Waals surface area contributed by atoms with Crippen molar-refractivity contribution in [3.05, 3.63) is 76.6 Å². The number of amides is 1.